The number of piperidine rings is 1. The second-order valence-corrected chi connectivity index (χ2v) is 8.01. The molecule has 1 aliphatic carbocycles. The van der Waals surface area contributed by atoms with Gasteiger partial charge in [-0.3, -0.25) is 9.58 Å². The molecule has 0 radical (unpaired) electrons. The number of aryl methyl sites for hydroxylation is 1. The van der Waals surface area contributed by atoms with Crippen LogP contribution in [-0.2, 0) is 13.6 Å². The zero-order valence-electron chi connectivity index (χ0n) is 15.6. The molecule has 1 aliphatic heterocycles. The summed E-state index contributed by atoms with van der Waals surface area (Å²) >= 11 is 0. The van der Waals surface area contributed by atoms with Crippen molar-refractivity contribution in [3.63, 3.8) is 0 Å². The predicted octanol–water partition coefficient (Wildman–Crippen LogP) is 2.49. The van der Waals surface area contributed by atoms with Gasteiger partial charge in [-0.15, -0.1) is 0 Å². The van der Waals surface area contributed by atoms with Crippen molar-refractivity contribution in [2.45, 2.75) is 50.4 Å². The zero-order valence-corrected chi connectivity index (χ0v) is 15.6. The fourth-order valence-electron chi connectivity index (χ4n) is 4.36. The first-order chi connectivity index (χ1) is 12.7. The van der Waals surface area contributed by atoms with E-state index in [1.165, 1.54) is 24.0 Å². The van der Waals surface area contributed by atoms with Crippen LogP contribution in [0.15, 0.2) is 42.7 Å². The van der Waals surface area contributed by atoms with E-state index in [-0.39, 0.29) is 6.10 Å². The molecule has 2 heterocycles. The zero-order chi connectivity index (χ0) is 17.9. The number of aromatic nitrogens is 2. The molecule has 0 bridgehead atoms. The molecule has 1 aromatic heterocycles. The Labute approximate surface area is 156 Å². The summed E-state index contributed by atoms with van der Waals surface area (Å²) in [6, 6.07) is 11.6. The van der Waals surface area contributed by atoms with E-state index in [4.69, 9.17) is 0 Å². The van der Waals surface area contributed by atoms with E-state index >= 15 is 0 Å². The highest BCUT2D eigenvalue weighted by Crippen LogP contribution is 2.38. The van der Waals surface area contributed by atoms with Gasteiger partial charge < -0.3 is 10.4 Å². The van der Waals surface area contributed by atoms with Crippen LogP contribution in [0, 0.1) is 5.92 Å². The van der Waals surface area contributed by atoms with Crippen LogP contribution in [-0.4, -0.2) is 45.0 Å². The number of nitrogens with zero attached hydrogens (tertiary/aromatic N) is 3. The van der Waals surface area contributed by atoms with Crippen LogP contribution in [0.3, 0.4) is 0 Å². The summed E-state index contributed by atoms with van der Waals surface area (Å²) in [5.74, 6) is 0.525. The van der Waals surface area contributed by atoms with Crippen molar-refractivity contribution in [2.24, 2.45) is 13.0 Å². The maximum Gasteiger partial charge on any atom is 0.0547 e. The highest BCUT2D eigenvalue weighted by Gasteiger charge is 2.36. The Morgan fingerprint density at radius 3 is 2.54 bits per heavy atom. The molecule has 4 rings (SSSR count). The van der Waals surface area contributed by atoms with Crippen molar-refractivity contribution in [1.82, 2.24) is 20.0 Å². The van der Waals surface area contributed by atoms with Crippen LogP contribution in [0.1, 0.15) is 42.9 Å². The molecule has 0 spiro atoms. The number of rotatable bonds is 6. The van der Waals surface area contributed by atoms with E-state index in [2.05, 4.69) is 51.8 Å². The molecule has 0 amide bonds. The SMILES string of the molecule is Cn1cc(C(NC2CCN(Cc3ccccc3)CC2)C2CC(O)C2)cn1. The summed E-state index contributed by atoms with van der Waals surface area (Å²) in [4.78, 5) is 2.56. The predicted molar refractivity (Wildman–Crippen MR) is 103 cm³/mol. The van der Waals surface area contributed by atoms with Gasteiger partial charge in [0.05, 0.1) is 12.3 Å². The van der Waals surface area contributed by atoms with Gasteiger partial charge in [0, 0.05) is 37.4 Å². The first-order valence-electron chi connectivity index (χ1n) is 9.86. The van der Waals surface area contributed by atoms with E-state index in [0.29, 0.717) is 18.0 Å². The molecule has 140 valence electrons. The molecular formula is C21H30N4O. The lowest BCUT2D eigenvalue weighted by Crippen LogP contribution is -2.47. The topological polar surface area (TPSA) is 53.3 Å². The molecule has 2 N–H and O–H groups in total. The number of aliphatic hydroxyl groups excluding tert-OH is 1. The van der Waals surface area contributed by atoms with Gasteiger partial charge in [0.25, 0.3) is 0 Å². The largest absolute Gasteiger partial charge is 0.393 e. The second kappa shape index (κ2) is 7.91. The lowest BCUT2D eigenvalue weighted by atomic mass is 9.75. The van der Waals surface area contributed by atoms with E-state index in [1.807, 2.05) is 17.9 Å². The first kappa shape index (κ1) is 17.7. The van der Waals surface area contributed by atoms with E-state index in [1.54, 1.807) is 0 Å². The minimum Gasteiger partial charge on any atom is -0.393 e. The highest BCUT2D eigenvalue weighted by molar-refractivity contribution is 5.15. The van der Waals surface area contributed by atoms with Gasteiger partial charge in [0.2, 0.25) is 0 Å². The molecule has 1 unspecified atom stereocenters. The molecular weight excluding hydrogens is 324 g/mol. The lowest BCUT2D eigenvalue weighted by Gasteiger charge is -2.41. The van der Waals surface area contributed by atoms with Gasteiger partial charge in [0.15, 0.2) is 0 Å². The fraction of sp³-hybridized carbons (Fsp3) is 0.571. The number of hydrogen-bond donors (Lipinski definition) is 2. The standard InChI is InChI=1S/C21H30N4O/c1-24-15-18(13-22-24)21(17-11-20(26)12-17)23-19-7-9-25(10-8-19)14-16-5-3-2-4-6-16/h2-6,13,15,17,19-21,23,26H,7-12,14H2,1H3. The molecule has 1 saturated heterocycles. The average Bonchev–Trinajstić information content (AvgIpc) is 3.06. The monoisotopic (exact) mass is 354 g/mol. The molecule has 1 aromatic carbocycles. The van der Waals surface area contributed by atoms with Crippen LogP contribution in [0.4, 0.5) is 0 Å². The Hall–Kier alpha value is -1.69. The molecule has 1 saturated carbocycles. The Kier molecular flexibility index (Phi) is 5.38. The van der Waals surface area contributed by atoms with Gasteiger partial charge in [0.1, 0.15) is 0 Å². The van der Waals surface area contributed by atoms with Crippen LogP contribution in [0.2, 0.25) is 0 Å². The maximum absolute atomic E-state index is 9.74. The first-order valence-corrected chi connectivity index (χ1v) is 9.86. The van der Waals surface area contributed by atoms with Crippen LogP contribution in [0.25, 0.3) is 0 Å². The molecule has 26 heavy (non-hydrogen) atoms. The van der Waals surface area contributed by atoms with Crippen molar-refractivity contribution in [3.8, 4) is 0 Å². The molecule has 2 fully saturated rings. The van der Waals surface area contributed by atoms with Crippen LogP contribution < -0.4 is 5.32 Å². The number of nitrogens with one attached hydrogen (secondary N) is 1. The van der Waals surface area contributed by atoms with Gasteiger partial charge >= 0.3 is 0 Å². The Balaban J connectivity index is 1.33. The lowest BCUT2D eigenvalue weighted by molar-refractivity contribution is 0.0196. The van der Waals surface area contributed by atoms with Crippen molar-refractivity contribution in [2.75, 3.05) is 13.1 Å². The Morgan fingerprint density at radius 2 is 1.92 bits per heavy atom. The van der Waals surface area contributed by atoms with Crippen LogP contribution in [0.5, 0.6) is 0 Å². The van der Waals surface area contributed by atoms with Gasteiger partial charge in [-0.2, -0.15) is 5.10 Å². The van der Waals surface area contributed by atoms with Crippen molar-refractivity contribution in [1.29, 1.82) is 0 Å². The molecule has 5 nitrogen and oxygen atoms in total. The third-order valence-corrected chi connectivity index (χ3v) is 5.96. The minimum absolute atomic E-state index is 0.117. The molecule has 2 aliphatic rings. The van der Waals surface area contributed by atoms with E-state index < -0.39 is 0 Å². The molecule has 2 aromatic rings. The van der Waals surface area contributed by atoms with Crippen LogP contribution >= 0.6 is 0 Å². The summed E-state index contributed by atoms with van der Waals surface area (Å²) in [5, 5.41) is 18.0. The van der Waals surface area contributed by atoms with Gasteiger partial charge in [-0.1, -0.05) is 30.3 Å². The summed E-state index contributed by atoms with van der Waals surface area (Å²) in [7, 11) is 1.97. The second-order valence-electron chi connectivity index (χ2n) is 8.01. The third-order valence-electron chi connectivity index (χ3n) is 5.96. The van der Waals surface area contributed by atoms with Gasteiger partial charge in [-0.05, 0) is 50.3 Å². The average molecular weight is 354 g/mol. The highest BCUT2D eigenvalue weighted by atomic mass is 16.3. The van der Waals surface area contributed by atoms with E-state index in [0.717, 1.165) is 32.5 Å². The summed E-state index contributed by atoms with van der Waals surface area (Å²) in [6.45, 7) is 3.33. The quantitative estimate of drug-likeness (QED) is 0.837. The molecule has 1 atom stereocenters. The Bertz CT molecular complexity index is 687. The van der Waals surface area contributed by atoms with Crippen molar-refractivity contribution in [3.05, 3.63) is 53.9 Å². The smallest absolute Gasteiger partial charge is 0.0547 e. The summed E-state index contributed by atoms with van der Waals surface area (Å²) in [6.07, 6.45) is 8.14. The minimum atomic E-state index is -0.117. The number of likely N-dealkylation sites (tertiary alicyclic amines) is 1. The maximum atomic E-state index is 9.74. The number of benzene rings is 1. The fourth-order valence-corrected chi connectivity index (χ4v) is 4.36. The third kappa shape index (κ3) is 4.17. The summed E-state index contributed by atoms with van der Waals surface area (Å²) < 4.78 is 1.88. The van der Waals surface area contributed by atoms with E-state index in [9.17, 15) is 5.11 Å². The summed E-state index contributed by atoms with van der Waals surface area (Å²) in [5.41, 5.74) is 2.66. The Morgan fingerprint density at radius 1 is 1.19 bits per heavy atom. The van der Waals surface area contributed by atoms with Gasteiger partial charge in [-0.25, -0.2) is 0 Å². The normalized spacial score (nSPS) is 25.8. The number of aliphatic hydroxyl groups is 1. The molecule has 5 heteroatoms. The van der Waals surface area contributed by atoms with Crippen molar-refractivity contribution < 1.29 is 5.11 Å². The van der Waals surface area contributed by atoms with Crippen molar-refractivity contribution >= 4 is 0 Å². The number of hydrogen-bond acceptors (Lipinski definition) is 4.